The van der Waals surface area contributed by atoms with E-state index < -0.39 is 5.41 Å². The highest BCUT2D eigenvalue weighted by Crippen LogP contribution is 2.26. The summed E-state index contributed by atoms with van der Waals surface area (Å²) < 4.78 is 5.05. The largest absolute Gasteiger partial charge is 0.497 e. The van der Waals surface area contributed by atoms with E-state index >= 15 is 0 Å². The van der Waals surface area contributed by atoms with Crippen molar-refractivity contribution in [3.8, 4) is 5.75 Å². The Morgan fingerprint density at radius 1 is 1.41 bits per heavy atom. The maximum atomic E-state index is 11.6. The molecular weight excluding hydrogens is 220 g/mol. The van der Waals surface area contributed by atoms with Crippen LogP contribution in [-0.2, 0) is 9.59 Å². The van der Waals surface area contributed by atoms with Gasteiger partial charge < -0.3 is 9.53 Å². The van der Waals surface area contributed by atoms with Crippen molar-refractivity contribution in [3.05, 3.63) is 24.3 Å². The number of anilines is 1. The summed E-state index contributed by atoms with van der Waals surface area (Å²) in [7, 11) is 1.59. The highest BCUT2D eigenvalue weighted by Gasteiger charge is 2.42. The topological polar surface area (TPSA) is 58.6 Å². The molecule has 0 saturated carbocycles. The molecule has 1 saturated heterocycles. The van der Waals surface area contributed by atoms with Gasteiger partial charge in [-0.1, -0.05) is 0 Å². The highest BCUT2D eigenvalue weighted by atomic mass is 16.5. The Morgan fingerprint density at radius 3 is 2.53 bits per heavy atom. The van der Waals surface area contributed by atoms with Gasteiger partial charge in [0.25, 0.3) is 5.91 Å². The third kappa shape index (κ3) is 1.95. The van der Waals surface area contributed by atoms with Crippen molar-refractivity contribution in [2.24, 2.45) is 5.41 Å². The number of ether oxygens (including phenoxy) is 1. The molecule has 1 aromatic rings. The van der Waals surface area contributed by atoms with Crippen LogP contribution < -0.4 is 15.2 Å². The molecule has 0 aromatic heterocycles. The Balaban J connectivity index is 2.19. The number of carbonyl (C=O) groups excluding carboxylic acids is 2. The molecule has 1 aliphatic heterocycles. The fraction of sp³-hybridized carbons (Fsp3) is 0.333. The van der Waals surface area contributed by atoms with Gasteiger partial charge in [-0.25, -0.2) is 0 Å². The molecule has 1 unspecified atom stereocenters. The van der Waals surface area contributed by atoms with Crippen LogP contribution in [0.1, 0.15) is 6.92 Å². The number of hydrazine groups is 1. The second-order valence-electron chi connectivity index (χ2n) is 4.26. The summed E-state index contributed by atoms with van der Waals surface area (Å²) in [6.45, 7) is 1.96. The molecule has 1 aromatic carbocycles. The average molecular weight is 234 g/mol. The predicted molar refractivity (Wildman–Crippen MR) is 62.7 cm³/mol. The van der Waals surface area contributed by atoms with Crippen LogP contribution in [0.5, 0.6) is 5.75 Å². The predicted octanol–water partition coefficient (Wildman–Crippen LogP) is 0.752. The molecule has 1 fully saturated rings. The van der Waals surface area contributed by atoms with E-state index in [9.17, 15) is 9.59 Å². The molecule has 0 spiro atoms. The second-order valence-corrected chi connectivity index (χ2v) is 4.26. The summed E-state index contributed by atoms with van der Waals surface area (Å²) in [4.78, 5) is 22.5. The van der Waals surface area contributed by atoms with Crippen LogP contribution in [0.4, 0.5) is 5.69 Å². The summed E-state index contributed by atoms with van der Waals surface area (Å²) in [6, 6.07) is 7.27. The highest BCUT2D eigenvalue weighted by molar-refractivity contribution is 6.00. The number of hydrogen-bond donors (Lipinski definition) is 1. The fourth-order valence-electron chi connectivity index (χ4n) is 1.70. The molecule has 1 heterocycles. The normalized spacial score (nSPS) is 23.4. The Labute approximate surface area is 99.3 Å². The lowest BCUT2D eigenvalue weighted by Gasteiger charge is -2.18. The molecule has 0 bridgehead atoms. The zero-order valence-corrected chi connectivity index (χ0v) is 9.77. The van der Waals surface area contributed by atoms with Crippen LogP contribution in [0, 0.1) is 5.41 Å². The summed E-state index contributed by atoms with van der Waals surface area (Å²) >= 11 is 0. The fourth-order valence-corrected chi connectivity index (χ4v) is 1.70. The van der Waals surface area contributed by atoms with E-state index in [-0.39, 0.29) is 5.91 Å². The lowest BCUT2D eigenvalue weighted by atomic mass is 9.93. The van der Waals surface area contributed by atoms with Gasteiger partial charge in [0.1, 0.15) is 17.5 Å². The maximum absolute atomic E-state index is 11.6. The summed E-state index contributed by atoms with van der Waals surface area (Å²) in [5.41, 5.74) is 2.52. The first-order valence-corrected chi connectivity index (χ1v) is 5.28. The van der Waals surface area contributed by atoms with Crippen molar-refractivity contribution in [1.29, 1.82) is 0 Å². The summed E-state index contributed by atoms with van der Waals surface area (Å²) in [5, 5.41) is 1.66. The number of carbonyl (C=O) groups is 2. The van der Waals surface area contributed by atoms with E-state index in [2.05, 4.69) is 5.43 Å². The van der Waals surface area contributed by atoms with Crippen LogP contribution in [0.15, 0.2) is 24.3 Å². The number of methoxy groups -OCH3 is 1. The SMILES string of the molecule is COc1ccc(N2CC(C)(C=O)C(=O)N2)cc1. The van der Waals surface area contributed by atoms with Crippen molar-refractivity contribution in [1.82, 2.24) is 5.43 Å². The van der Waals surface area contributed by atoms with Gasteiger partial charge >= 0.3 is 0 Å². The standard InChI is InChI=1S/C12H14N2O3/c1-12(8-15)7-14(13-11(12)16)9-3-5-10(17-2)6-4-9/h3-6,8H,7H2,1-2H3,(H,13,16). The van der Waals surface area contributed by atoms with Gasteiger partial charge in [-0.15, -0.1) is 0 Å². The third-order valence-corrected chi connectivity index (χ3v) is 2.89. The van der Waals surface area contributed by atoms with Crippen LogP contribution >= 0.6 is 0 Å². The van der Waals surface area contributed by atoms with Crippen LogP contribution in [0.3, 0.4) is 0 Å². The first kappa shape index (κ1) is 11.4. The van der Waals surface area contributed by atoms with Gasteiger partial charge in [-0.05, 0) is 31.2 Å². The quantitative estimate of drug-likeness (QED) is 0.619. The van der Waals surface area contributed by atoms with Gasteiger partial charge in [0, 0.05) is 0 Å². The number of amides is 1. The first-order chi connectivity index (χ1) is 8.09. The van der Waals surface area contributed by atoms with E-state index in [1.807, 2.05) is 12.1 Å². The molecule has 0 radical (unpaired) electrons. The number of nitrogens with zero attached hydrogens (tertiary/aromatic N) is 1. The van der Waals surface area contributed by atoms with Gasteiger partial charge in [0.2, 0.25) is 0 Å². The number of benzene rings is 1. The molecule has 5 heteroatoms. The molecule has 1 N–H and O–H groups in total. The molecule has 1 atom stereocenters. The molecule has 0 aliphatic carbocycles. The Hall–Kier alpha value is -2.04. The zero-order chi connectivity index (χ0) is 12.5. The number of aldehydes is 1. The zero-order valence-electron chi connectivity index (χ0n) is 9.77. The first-order valence-electron chi connectivity index (χ1n) is 5.28. The van der Waals surface area contributed by atoms with E-state index in [0.717, 1.165) is 11.4 Å². The van der Waals surface area contributed by atoms with Crippen molar-refractivity contribution >= 4 is 17.9 Å². The lowest BCUT2D eigenvalue weighted by molar-refractivity contribution is -0.131. The molecule has 17 heavy (non-hydrogen) atoms. The number of hydrogen-bond acceptors (Lipinski definition) is 4. The molecule has 1 amide bonds. The monoisotopic (exact) mass is 234 g/mol. The van der Waals surface area contributed by atoms with Crippen molar-refractivity contribution in [2.75, 3.05) is 18.7 Å². The smallest absolute Gasteiger partial charge is 0.253 e. The Kier molecular flexibility index (Phi) is 2.75. The van der Waals surface area contributed by atoms with Gasteiger partial charge in [0.15, 0.2) is 0 Å². The third-order valence-electron chi connectivity index (χ3n) is 2.89. The lowest BCUT2D eigenvalue weighted by Crippen LogP contribution is -2.33. The Morgan fingerprint density at radius 2 is 2.06 bits per heavy atom. The maximum Gasteiger partial charge on any atom is 0.253 e. The van der Waals surface area contributed by atoms with Crippen molar-refractivity contribution in [3.63, 3.8) is 0 Å². The molecule has 5 nitrogen and oxygen atoms in total. The van der Waals surface area contributed by atoms with Gasteiger partial charge in [0.05, 0.1) is 19.3 Å². The average Bonchev–Trinajstić information content (AvgIpc) is 2.67. The number of rotatable bonds is 3. The van der Waals surface area contributed by atoms with Crippen molar-refractivity contribution in [2.45, 2.75) is 6.92 Å². The van der Waals surface area contributed by atoms with E-state index in [1.165, 1.54) is 0 Å². The van der Waals surface area contributed by atoms with Crippen molar-refractivity contribution < 1.29 is 14.3 Å². The molecular formula is C12H14N2O3. The van der Waals surface area contributed by atoms with Gasteiger partial charge in [-0.2, -0.15) is 0 Å². The minimum Gasteiger partial charge on any atom is -0.497 e. The number of nitrogens with one attached hydrogen (secondary N) is 1. The van der Waals surface area contributed by atoms with Crippen LogP contribution in [-0.4, -0.2) is 25.8 Å². The van der Waals surface area contributed by atoms with Crippen LogP contribution in [0.2, 0.25) is 0 Å². The molecule has 2 rings (SSSR count). The van der Waals surface area contributed by atoms with Crippen LogP contribution in [0.25, 0.3) is 0 Å². The van der Waals surface area contributed by atoms with Gasteiger partial charge in [-0.3, -0.25) is 15.2 Å². The minimum absolute atomic E-state index is 0.275. The van der Waals surface area contributed by atoms with E-state index in [4.69, 9.17) is 4.74 Å². The summed E-state index contributed by atoms with van der Waals surface area (Å²) in [5.74, 6) is 0.473. The summed E-state index contributed by atoms with van der Waals surface area (Å²) in [6.07, 6.45) is 0.686. The van der Waals surface area contributed by atoms with E-state index in [1.54, 1.807) is 31.2 Å². The minimum atomic E-state index is -0.972. The molecule has 1 aliphatic rings. The van der Waals surface area contributed by atoms with E-state index in [0.29, 0.717) is 12.8 Å². The Bertz CT molecular complexity index is 444. The second kappa shape index (κ2) is 4.08. The molecule has 90 valence electrons.